The molecule has 100 valence electrons. The molecule has 19 heavy (non-hydrogen) atoms. The monoisotopic (exact) mass is 258 g/mol. The van der Waals surface area contributed by atoms with Gasteiger partial charge in [0.05, 0.1) is 6.42 Å². The van der Waals surface area contributed by atoms with Gasteiger partial charge in [0.15, 0.2) is 0 Å². The van der Waals surface area contributed by atoms with Crippen LogP contribution in [-0.2, 0) is 17.6 Å². The molecule has 0 fully saturated rings. The predicted octanol–water partition coefficient (Wildman–Crippen LogP) is 1.28. The zero-order valence-corrected chi connectivity index (χ0v) is 10.7. The highest BCUT2D eigenvalue weighted by molar-refractivity contribution is 5.78. The van der Waals surface area contributed by atoms with Crippen LogP contribution >= 0.6 is 0 Å². The number of carbonyl (C=O) groups is 1. The SMILES string of the molecule is Nc1ccc(CC(=O)NCCCc2ncc[nH]2)cc1. The lowest BCUT2D eigenvalue weighted by Gasteiger charge is -2.05. The minimum Gasteiger partial charge on any atom is -0.399 e. The summed E-state index contributed by atoms with van der Waals surface area (Å²) in [4.78, 5) is 18.9. The molecule has 0 saturated heterocycles. The Morgan fingerprint density at radius 1 is 1.32 bits per heavy atom. The molecule has 1 aromatic heterocycles. The van der Waals surface area contributed by atoms with Crippen molar-refractivity contribution in [2.45, 2.75) is 19.3 Å². The molecule has 0 aliphatic heterocycles. The number of hydrogen-bond donors (Lipinski definition) is 3. The molecule has 5 nitrogen and oxygen atoms in total. The number of carbonyl (C=O) groups excluding carboxylic acids is 1. The second kappa shape index (κ2) is 6.58. The minimum atomic E-state index is 0.0317. The molecular weight excluding hydrogens is 240 g/mol. The fourth-order valence-electron chi connectivity index (χ4n) is 1.80. The Kier molecular flexibility index (Phi) is 4.55. The molecule has 0 unspecified atom stereocenters. The second-order valence-electron chi connectivity index (χ2n) is 4.41. The van der Waals surface area contributed by atoms with E-state index in [-0.39, 0.29) is 5.91 Å². The van der Waals surface area contributed by atoms with Gasteiger partial charge in [0.1, 0.15) is 5.82 Å². The standard InChI is InChI=1S/C14H18N4O/c15-12-5-3-11(4-6-12)10-14(19)18-7-1-2-13-16-8-9-17-13/h3-6,8-9H,1-2,7,10,15H2,(H,16,17)(H,18,19). The van der Waals surface area contributed by atoms with Crippen molar-refractivity contribution in [3.8, 4) is 0 Å². The summed E-state index contributed by atoms with van der Waals surface area (Å²) in [5.74, 6) is 0.983. The first kappa shape index (κ1) is 13.1. The van der Waals surface area contributed by atoms with Gasteiger partial charge in [-0.05, 0) is 24.1 Å². The number of aromatic amines is 1. The van der Waals surface area contributed by atoms with E-state index in [1.165, 1.54) is 0 Å². The maximum absolute atomic E-state index is 11.7. The molecule has 1 heterocycles. The number of benzene rings is 1. The van der Waals surface area contributed by atoms with Crippen molar-refractivity contribution in [1.82, 2.24) is 15.3 Å². The third kappa shape index (κ3) is 4.46. The minimum absolute atomic E-state index is 0.0317. The highest BCUT2D eigenvalue weighted by atomic mass is 16.1. The first-order chi connectivity index (χ1) is 9.24. The normalized spacial score (nSPS) is 10.3. The predicted molar refractivity (Wildman–Crippen MR) is 74.5 cm³/mol. The maximum atomic E-state index is 11.7. The highest BCUT2D eigenvalue weighted by Crippen LogP contribution is 2.05. The first-order valence-corrected chi connectivity index (χ1v) is 6.33. The number of rotatable bonds is 6. The summed E-state index contributed by atoms with van der Waals surface area (Å²) < 4.78 is 0. The van der Waals surface area contributed by atoms with Gasteiger partial charge in [-0.3, -0.25) is 4.79 Å². The van der Waals surface area contributed by atoms with Gasteiger partial charge in [-0.25, -0.2) is 4.98 Å². The molecule has 0 radical (unpaired) electrons. The van der Waals surface area contributed by atoms with Crippen molar-refractivity contribution in [1.29, 1.82) is 0 Å². The number of aromatic nitrogens is 2. The molecule has 1 aromatic carbocycles. The Morgan fingerprint density at radius 2 is 2.11 bits per heavy atom. The number of amides is 1. The van der Waals surface area contributed by atoms with Crippen molar-refractivity contribution >= 4 is 11.6 Å². The van der Waals surface area contributed by atoms with Gasteiger partial charge in [-0.1, -0.05) is 12.1 Å². The molecule has 2 aromatic rings. The zero-order chi connectivity index (χ0) is 13.5. The van der Waals surface area contributed by atoms with Gasteiger partial charge < -0.3 is 16.0 Å². The molecule has 2 rings (SSSR count). The van der Waals surface area contributed by atoms with Gasteiger partial charge in [0, 0.05) is 31.0 Å². The third-order valence-corrected chi connectivity index (χ3v) is 2.81. The molecule has 0 spiro atoms. The van der Waals surface area contributed by atoms with Gasteiger partial charge in [0.25, 0.3) is 0 Å². The zero-order valence-electron chi connectivity index (χ0n) is 10.7. The van der Waals surface area contributed by atoms with Crippen molar-refractivity contribution in [3.63, 3.8) is 0 Å². The number of nitrogens with zero attached hydrogens (tertiary/aromatic N) is 1. The molecular formula is C14H18N4O. The second-order valence-corrected chi connectivity index (χ2v) is 4.41. The van der Waals surface area contributed by atoms with Gasteiger partial charge >= 0.3 is 0 Å². The molecule has 0 saturated carbocycles. The number of anilines is 1. The van der Waals surface area contributed by atoms with Crippen LogP contribution < -0.4 is 11.1 Å². The fraction of sp³-hybridized carbons (Fsp3) is 0.286. The Morgan fingerprint density at radius 3 is 2.79 bits per heavy atom. The Bertz CT molecular complexity index is 505. The number of aryl methyl sites for hydroxylation is 1. The average molecular weight is 258 g/mol. The summed E-state index contributed by atoms with van der Waals surface area (Å²) in [5, 5.41) is 2.90. The van der Waals surface area contributed by atoms with Crippen molar-refractivity contribution in [2.24, 2.45) is 0 Å². The van der Waals surface area contributed by atoms with Crippen LogP contribution in [0, 0.1) is 0 Å². The van der Waals surface area contributed by atoms with Crippen LogP contribution in [0.4, 0.5) is 5.69 Å². The fourth-order valence-corrected chi connectivity index (χ4v) is 1.80. The Labute approximate surface area is 112 Å². The molecule has 0 atom stereocenters. The van der Waals surface area contributed by atoms with E-state index < -0.39 is 0 Å². The number of nitrogen functional groups attached to an aromatic ring is 1. The first-order valence-electron chi connectivity index (χ1n) is 6.33. The summed E-state index contributed by atoms with van der Waals surface area (Å²) in [6, 6.07) is 7.36. The van der Waals surface area contributed by atoms with E-state index in [0.29, 0.717) is 18.7 Å². The highest BCUT2D eigenvalue weighted by Gasteiger charge is 2.03. The number of nitrogens with one attached hydrogen (secondary N) is 2. The van der Waals surface area contributed by atoms with Gasteiger partial charge in [-0.15, -0.1) is 0 Å². The topological polar surface area (TPSA) is 83.8 Å². The van der Waals surface area contributed by atoms with Crippen LogP contribution in [0.5, 0.6) is 0 Å². The Hall–Kier alpha value is -2.30. The van der Waals surface area contributed by atoms with E-state index in [1.54, 1.807) is 24.5 Å². The Balaban J connectivity index is 1.65. The van der Waals surface area contributed by atoms with Crippen LogP contribution in [0.25, 0.3) is 0 Å². The molecule has 5 heteroatoms. The van der Waals surface area contributed by atoms with E-state index in [4.69, 9.17) is 5.73 Å². The molecule has 0 aliphatic rings. The van der Waals surface area contributed by atoms with Crippen LogP contribution in [0.2, 0.25) is 0 Å². The van der Waals surface area contributed by atoms with Gasteiger partial charge in [-0.2, -0.15) is 0 Å². The van der Waals surface area contributed by atoms with Crippen LogP contribution in [0.3, 0.4) is 0 Å². The van der Waals surface area contributed by atoms with E-state index in [1.807, 2.05) is 12.1 Å². The van der Waals surface area contributed by atoms with E-state index >= 15 is 0 Å². The summed E-state index contributed by atoms with van der Waals surface area (Å²) in [6.07, 6.45) is 5.64. The number of H-pyrrole nitrogens is 1. The smallest absolute Gasteiger partial charge is 0.224 e. The molecule has 0 aliphatic carbocycles. The lowest BCUT2D eigenvalue weighted by molar-refractivity contribution is -0.120. The van der Waals surface area contributed by atoms with Crippen molar-refractivity contribution in [2.75, 3.05) is 12.3 Å². The summed E-state index contributed by atoms with van der Waals surface area (Å²) in [7, 11) is 0. The van der Waals surface area contributed by atoms with Crippen LogP contribution in [0.15, 0.2) is 36.7 Å². The quantitative estimate of drug-likeness (QED) is 0.539. The lowest BCUT2D eigenvalue weighted by Crippen LogP contribution is -2.26. The van der Waals surface area contributed by atoms with Crippen LogP contribution in [-0.4, -0.2) is 22.4 Å². The summed E-state index contributed by atoms with van der Waals surface area (Å²) >= 11 is 0. The van der Waals surface area contributed by atoms with E-state index in [2.05, 4.69) is 15.3 Å². The van der Waals surface area contributed by atoms with Gasteiger partial charge in [0.2, 0.25) is 5.91 Å². The largest absolute Gasteiger partial charge is 0.399 e. The average Bonchev–Trinajstić information content (AvgIpc) is 2.91. The van der Waals surface area contributed by atoms with E-state index in [0.717, 1.165) is 24.2 Å². The van der Waals surface area contributed by atoms with Crippen molar-refractivity contribution in [3.05, 3.63) is 48.0 Å². The summed E-state index contributed by atoms with van der Waals surface area (Å²) in [6.45, 7) is 0.661. The number of imidazole rings is 1. The molecule has 0 bridgehead atoms. The molecule has 1 amide bonds. The van der Waals surface area contributed by atoms with E-state index in [9.17, 15) is 4.79 Å². The van der Waals surface area contributed by atoms with Crippen molar-refractivity contribution < 1.29 is 4.79 Å². The van der Waals surface area contributed by atoms with Crippen LogP contribution in [0.1, 0.15) is 17.8 Å². The summed E-state index contributed by atoms with van der Waals surface area (Å²) in [5.41, 5.74) is 7.27. The number of hydrogen-bond acceptors (Lipinski definition) is 3. The number of nitrogens with two attached hydrogens (primary N) is 1. The third-order valence-electron chi connectivity index (χ3n) is 2.81. The lowest BCUT2D eigenvalue weighted by atomic mass is 10.1. The maximum Gasteiger partial charge on any atom is 0.224 e. The molecule has 4 N–H and O–H groups in total.